The standard InChI is InChI=1S/C11H16O4/c1-3-9(7-11(14)15)5-4-8(2)6-10(12)13/h4-5H,3,6-7H2,1-2H3,(H,12,13)(H,14,15)/b8-4+,9-5+. The number of carbonyl (C=O) groups is 2. The minimum absolute atomic E-state index is 0.00729. The molecule has 0 atom stereocenters. The monoisotopic (exact) mass is 212 g/mol. The van der Waals surface area contributed by atoms with E-state index < -0.39 is 11.9 Å². The van der Waals surface area contributed by atoms with Gasteiger partial charge >= 0.3 is 11.9 Å². The Labute approximate surface area is 88.9 Å². The molecular formula is C11H16O4. The molecule has 15 heavy (non-hydrogen) atoms. The van der Waals surface area contributed by atoms with Crippen LogP contribution in [-0.4, -0.2) is 22.2 Å². The Morgan fingerprint density at radius 2 is 1.60 bits per heavy atom. The number of carboxylic acid groups (broad SMARTS) is 2. The van der Waals surface area contributed by atoms with E-state index in [1.54, 1.807) is 19.1 Å². The van der Waals surface area contributed by atoms with Crippen molar-refractivity contribution in [2.75, 3.05) is 0 Å². The van der Waals surface area contributed by atoms with Gasteiger partial charge in [0.1, 0.15) is 0 Å². The van der Waals surface area contributed by atoms with Gasteiger partial charge < -0.3 is 10.2 Å². The highest BCUT2D eigenvalue weighted by atomic mass is 16.4. The van der Waals surface area contributed by atoms with Crippen LogP contribution >= 0.6 is 0 Å². The largest absolute Gasteiger partial charge is 0.481 e. The van der Waals surface area contributed by atoms with E-state index in [-0.39, 0.29) is 12.8 Å². The fourth-order valence-corrected chi connectivity index (χ4v) is 1.05. The summed E-state index contributed by atoms with van der Waals surface area (Å²) in [5, 5.41) is 17.1. The van der Waals surface area contributed by atoms with Crippen LogP contribution in [0.25, 0.3) is 0 Å². The molecule has 0 rings (SSSR count). The Kier molecular flexibility index (Phi) is 6.09. The number of rotatable bonds is 6. The highest BCUT2D eigenvalue weighted by Gasteiger charge is 2.01. The molecule has 0 radical (unpaired) electrons. The SMILES string of the molecule is CC/C(=C\C=C(/C)CC(=O)O)CC(=O)O. The van der Waals surface area contributed by atoms with Crippen molar-refractivity contribution in [3.8, 4) is 0 Å². The van der Waals surface area contributed by atoms with Crippen LogP contribution in [0.4, 0.5) is 0 Å². The van der Waals surface area contributed by atoms with Crippen molar-refractivity contribution in [1.29, 1.82) is 0 Å². The van der Waals surface area contributed by atoms with E-state index in [2.05, 4.69) is 0 Å². The third kappa shape index (κ3) is 7.49. The van der Waals surface area contributed by atoms with E-state index >= 15 is 0 Å². The third-order valence-corrected chi connectivity index (χ3v) is 1.87. The number of hydrogen-bond acceptors (Lipinski definition) is 2. The lowest BCUT2D eigenvalue weighted by molar-refractivity contribution is -0.137. The zero-order valence-corrected chi connectivity index (χ0v) is 8.99. The molecule has 0 aromatic rings. The van der Waals surface area contributed by atoms with E-state index in [1.165, 1.54) is 0 Å². The molecule has 0 aromatic heterocycles. The van der Waals surface area contributed by atoms with E-state index in [4.69, 9.17) is 10.2 Å². The van der Waals surface area contributed by atoms with Gasteiger partial charge in [-0.3, -0.25) is 9.59 Å². The normalized spacial score (nSPS) is 12.7. The maximum Gasteiger partial charge on any atom is 0.307 e. The van der Waals surface area contributed by atoms with Crippen LogP contribution in [0.5, 0.6) is 0 Å². The third-order valence-electron chi connectivity index (χ3n) is 1.87. The summed E-state index contributed by atoms with van der Waals surface area (Å²) in [6.07, 6.45) is 4.00. The van der Waals surface area contributed by atoms with Crippen molar-refractivity contribution in [2.24, 2.45) is 0 Å². The van der Waals surface area contributed by atoms with Crippen molar-refractivity contribution in [2.45, 2.75) is 33.1 Å². The molecule has 4 heteroatoms. The summed E-state index contributed by atoms with van der Waals surface area (Å²) >= 11 is 0. The lowest BCUT2D eigenvalue weighted by Gasteiger charge is -1.99. The van der Waals surface area contributed by atoms with Crippen molar-refractivity contribution >= 4 is 11.9 Å². The van der Waals surface area contributed by atoms with Crippen LogP contribution in [0.15, 0.2) is 23.3 Å². The van der Waals surface area contributed by atoms with Gasteiger partial charge in [-0.1, -0.05) is 30.2 Å². The second-order valence-electron chi connectivity index (χ2n) is 3.33. The first-order chi connectivity index (χ1) is 6.95. The van der Waals surface area contributed by atoms with Crippen LogP contribution in [0.3, 0.4) is 0 Å². The van der Waals surface area contributed by atoms with Crippen molar-refractivity contribution in [3.63, 3.8) is 0 Å². The summed E-state index contributed by atoms with van der Waals surface area (Å²) in [5.74, 6) is -1.75. The lowest BCUT2D eigenvalue weighted by atomic mass is 10.1. The topological polar surface area (TPSA) is 74.6 Å². The quantitative estimate of drug-likeness (QED) is 0.662. The molecule has 0 aliphatic carbocycles. The van der Waals surface area contributed by atoms with Crippen molar-refractivity contribution in [3.05, 3.63) is 23.3 Å². The van der Waals surface area contributed by atoms with Crippen molar-refractivity contribution < 1.29 is 19.8 Å². The Morgan fingerprint density at radius 3 is 2.00 bits per heavy atom. The smallest absolute Gasteiger partial charge is 0.307 e. The Morgan fingerprint density at radius 1 is 1.07 bits per heavy atom. The predicted octanol–water partition coefficient (Wildman–Crippen LogP) is 2.22. The molecule has 0 amide bonds. The molecule has 0 spiro atoms. The molecule has 84 valence electrons. The first kappa shape index (κ1) is 13.4. The molecule has 0 bridgehead atoms. The first-order valence-electron chi connectivity index (χ1n) is 4.74. The average molecular weight is 212 g/mol. The Balaban J connectivity index is 4.43. The lowest BCUT2D eigenvalue weighted by Crippen LogP contribution is -1.97. The summed E-state index contributed by atoms with van der Waals surface area (Å²) in [6.45, 7) is 3.58. The zero-order valence-electron chi connectivity index (χ0n) is 8.99. The minimum atomic E-state index is -0.881. The molecule has 0 heterocycles. The number of allylic oxidation sites excluding steroid dienone is 2. The molecule has 0 aromatic carbocycles. The summed E-state index contributed by atoms with van der Waals surface area (Å²) in [7, 11) is 0. The summed E-state index contributed by atoms with van der Waals surface area (Å²) in [6, 6.07) is 0. The molecule has 0 unspecified atom stereocenters. The molecule has 2 N–H and O–H groups in total. The summed E-state index contributed by atoms with van der Waals surface area (Å²) in [4.78, 5) is 20.8. The summed E-state index contributed by atoms with van der Waals surface area (Å²) < 4.78 is 0. The van der Waals surface area contributed by atoms with Gasteiger partial charge in [0.05, 0.1) is 12.8 Å². The van der Waals surface area contributed by atoms with Crippen LogP contribution in [-0.2, 0) is 9.59 Å². The fraction of sp³-hybridized carbons (Fsp3) is 0.455. The minimum Gasteiger partial charge on any atom is -0.481 e. The highest BCUT2D eigenvalue weighted by Crippen LogP contribution is 2.08. The van der Waals surface area contributed by atoms with Gasteiger partial charge in [0, 0.05) is 0 Å². The molecule has 0 aliphatic heterocycles. The molecular weight excluding hydrogens is 196 g/mol. The maximum atomic E-state index is 10.4. The first-order valence-corrected chi connectivity index (χ1v) is 4.74. The molecule has 0 saturated carbocycles. The number of carboxylic acids is 2. The second-order valence-corrected chi connectivity index (χ2v) is 3.33. The van der Waals surface area contributed by atoms with Gasteiger partial charge in [-0.2, -0.15) is 0 Å². The second kappa shape index (κ2) is 6.81. The van der Waals surface area contributed by atoms with Gasteiger partial charge in [0.25, 0.3) is 0 Å². The maximum absolute atomic E-state index is 10.4. The molecule has 4 nitrogen and oxygen atoms in total. The van der Waals surface area contributed by atoms with Crippen LogP contribution in [0.1, 0.15) is 33.1 Å². The van der Waals surface area contributed by atoms with Crippen molar-refractivity contribution in [1.82, 2.24) is 0 Å². The van der Waals surface area contributed by atoms with Crippen LogP contribution < -0.4 is 0 Å². The van der Waals surface area contributed by atoms with Gasteiger partial charge in [0.15, 0.2) is 0 Å². The van der Waals surface area contributed by atoms with Gasteiger partial charge in [-0.15, -0.1) is 0 Å². The van der Waals surface area contributed by atoms with Crippen LogP contribution in [0, 0.1) is 0 Å². The van der Waals surface area contributed by atoms with E-state index in [0.29, 0.717) is 12.0 Å². The van der Waals surface area contributed by atoms with Gasteiger partial charge in [-0.25, -0.2) is 0 Å². The summed E-state index contributed by atoms with van der Waals surface area (Å²) in [5.41, 5.74) is 1.49. The molecule has 0 fully saturated rings. The average Bonchev–Trinajstić information content (AvgIpc) is 2.10. The molecule has 0 saturated heterocycles. The highest BCUT2D eigenvalue weighted by molar-refractivity contribution is 5.71. The fourth-order valence-electron chi connectivity index (χ4n) is 1.05. The Hall–Kier alpha value is -1.58. The van der Waals surface area contributed by atoms with E-state index in [1.807, 2.05) is 6.92 Å². The number of hydrogen-bond donors (Lipinski definition) is 2. The van der Waals surface area contributed by atoms with Gasteiger partial charge in [0.2, 0.25) is 0 Å². The Bertz CT molecular complexity index is 300. The molecule has 0 aliphatic rings. The van der Waals surface area contributed by atoms with Gasteiger partial charge in [-0.05, 0) is 13.3 Å². The predicted molar refractivity (Wildman–Crippen MR) is 56.6 cm³/mol. The van der Waals surface area contributed by atoms with E-state index in [0.717, 1.165) is 5.57 Å². The van der Waals surface area contributed by atoms with Crippen LogP contribution in [0.2, 0.25) is 0 Å². The number of aliphatic carboxylic acids is 2. The van der Waals surface area contributed by atoms with E-state index in [9.17, 15) is 9.59 Å². The zero-order chi connectivity index (χ0) is 11.8.